The highest BCUT2D eigenvalue weighted by molar-refractivity contribution is 6.07. The number of urea groups is 1. The maximum atomic E-state index is 11.4. The maximum Gasteiger partial charge on any atom is 0.322 e. The Hall–Kier alpha value is -1.06. The van der Waals surface area contributed by atoms with Crippen LogP contribution in [0, 0.1) is 11.8 Å². The third-order valence-corrected chi connectivity index (χ3v) is 3.18. The number of hydrogen-bond donors (Lipinski definition) is 2. The molecule has 0 unspecified atom stereocenters. The lowest BCUT2D eigenvalue weighted by Gasteiger charge is -2.44. The fourth-order valence-corrected chi connectivity index (χ4v) is 2.12. The van der Waals surface area contributed by atoms with Gasteiger partial charge in [0.1, 0.15) is 5.54 Å². The van der Waals surface area contributed by atoms with Gasteiger partial charge in [0.25, 0.3) is 5.91 Å². The summed E-state index contributed by atoms with van der Waals surface area (Å²) in [6, 6.07) is -0.341. The zero-order chi connectivity index (χ0) is 9.64. The monoisotopic (exact) mass is 182 g/mol. The van der Waals surface area contributed by atoms with Crippen molar-refractivity contribution in [2.75, 3.05) is 0 Å². The lowest BCUT2D eigenvalue weighted by atomic mass is 9.64. The minimum absolute atomic E-state index is 0.144. The number of nitrogens with one attached hydrogen (secondary N) is 2. The first-order valence-electron chi connectivity index (χ1n) is 4.67. The van der Waals surface area contributed by atoms with Gasteiger partial charge in [-0.3, -0.25) is 10.1 Å². The Bertz CT molecular complexity index is 267. The zero-order valence-electron chi connectivity index (χ0n) is 7.89. The fourth-order valence-electron chi connectivity index (χ4n) is 2.12. The number of carbonyl (C=O) groups excluding carboxylic acids is 2. The first-order chi connectivity index (χ1) is 6.03. The van der Waals surface area contributed by atoms with Gasteiger partial charge in [0.2, 0.25) is 0 Å². The van der Waals surface area contributed by atoms with Crippen molar-refractivity contribution in [1.82, 2.24) is 10.6 Å². The average Bonchev–Trinajstić information content (AvgIpc) is 2.21. The van der Waals surface area contributed by atoms with Crippen molar-refractivity contribution in [2.24, 2.45) is 11.8 Å². The second-order valence-corrected chi connectivity index (χ2v) is 4.40. The van der Waals surface area contributed by atoms with Crippen LogP contribution in [-0.4, -0.2) is 17.5 Å². The molecule has 1 spiro atoms. The van der Waals surface area contributed by atoms with Crippen LogP contribution in [0.4, 0.5) is 4.79 Å². The van der Waals surface area contributed by atoms with Crippen LogP contribution in [0.1, 0.15) is 26.7 Å². The zero-order valence-corrected chi connectivity index (χ0v) is 7.89. The molecule has 0 aromatic carbocycles. The van der Waals surface area contributed by atoms with Gasteiger partial charge in [-0.25, -0.2) is 4.79 Å². The van der Waals surface area contributed by atoms with E-state index in [9.17, 15) is 9.59 Å². The average molecular weight is 182 g/mol. The maximum absolute atomic E-state index is 11.4. The van der Waals surface area contributed by atoms with Gasteiger partial charge in [-0.1, -0.05) is 13.8 Å². The topological polar surface area (TPSA) is 58.2 Å². The fraction of sp³-hybridized carbons (Fsp3) is 0.778. The second kappa shape index (κ2) is 2.47. The molecule has 72 valence electrons. The van der Waals surface area contributed by atoms with E-state index in [4.69, 9.17) is 0 Å². The molecule has 2 fully saturated rings. The predicted molar refractivity (Wildman–Crippen MR) is 47.0 cm³/mol. The largest absolute Gasteiger partial charge is 0.323 e. The molecule has 0 bridgehead atoms. The highest BCUT2D eigenvalue weighted by atomic mass is 16.2. The molecule has 3 amide bonds. The van der Waals surface area contributed by atoms with E-state index in [-0.39, 0.29) is 11.9 Å². The van der Waals surface area contributed by atoms with Gasteiger partial charge in [0, 0.05) is 0 Å². The van der Waals surface area contributed by atoms with Gasteiger partial charge in [-0.2, -0.15) is 0 Å². The molecule has 1 aliphatic carbocycles. The molecule has 4 heteroatoms. The molecule has 4 nitrogen and oxygen atoms in total. The van der Waals surface area contributed by atoms with Crippen molar-refractivity contribution < 1.29 is 9.59 Å². The Morgan fingerprint density at radius 2 is 2.00 bits per heavy atom. The Balaban J connectivity index is 2.03. The SMILES string of the molecule is CC(C)C1CC2(C1)NC(=O)NC2=O. The predicted octanol–water partition coefficient (Wildman–Crippen LogP) is 0.631. The van der Waals surface area contributed by atoms with E-state index in [1.165, 1.54) is 0 Å². The summed E-state index contributed by atoms with van der Waals surface area (Å²) >= 11 is 0. The molecule has 1 heterocycles. The highest BCUT2D eigenvalue weighted by Gasteiger charge is 2.55. The van der Waals surface area contributed by atoms with Gasteiger partial charge in [-0.15, -0.1) is 0 Å². The Morgan fingerprint density at radius 1 is 1.38 bits per heavy atom. The third kappa shape index (κ3) is 1.12. The third-order valence-electron chi connectivity index (χ3n) is 3.18. The number of amides is 3. The van der Waals surface area contributed by atoms with E-state index in [0.717, 1.165) is 12.8 Å². The van der Waals surface area contributed by atoms with Crippen molar-refractivity contribution in [3.63, 3.8) is 0 Å². The van der Waals surface area contributed by atoms with Crippen molar-refractivity contribution in [3.05, 3.63) is 0 Å². The normalized spacial score (nSPS) is 37.6. The Kier molecular flexibility index (Phi) is 1.62. The van der Waals surface area contributed by atoms with Gasteiger partial charge in [-0.05, 0) is 24.7 Å². The molecule has 0 aromatic heterocycles. The molecule has 0 radical (unpaired) electrons. The lowest BCUT2D eigenvalue weighted by Crippen LogP contribution is -2.58. The van der Waals surface area contributed by atoms with Crippen LogP contribution in [0.5, 0.6) is 0 Å². The summed E-state index contributed by atoms with van der Waals surface area (Å²) in [5.41, 5.74) is -0.550. The van der Waals surface area contributed by atoms with Gasteiger partial charge in [0.15, 0.2) is 0 Å². The number of rotatable bonds is 1. The van der Waals surface area contributed by atoms with Crippen molar-refractivity contribution in [1.29, 1.82) is 0 Å². The second-order valence-electron chi connectivity index (χ2n) is 4.40. The van der Waals surface area contributed by atoms with Crippen LogP contribution in [0.2, 0.25) is 0 Å². The van der Waals surface area contributed by atoms with Crippen LogP contribution in [-0.2, 0) is 4.79 Å². The number of hydrogen-bond acceptors (Lipinski definition) is 2. The standard InChI is InChI=1S/C9H14N2O2/c1-5(2)6-3-9(4-6)7(12)10-8(13)11-9/h5-6H,3-4H2,1-2H3,(H2,10,11,12,13). The van der Waals surface area contributed by atoms with E-state index in [2.05, 4.69) is 24.5 Å². The molecule has 1 saturated heterocycles. The lowest BCUT2D eigenvalue weighted by molar-refractivity contribution is -0.129. The van der Waals surface area contributed by atoms with Crippen LogP contribution >= 0.6 is 0 Å². The summed E-state index contributed by atoms with van der Waals surface area (Å²) in [7, 11) is 0. The summed E-state index contributed by atoms with van der Waals surface area (Å²) in [6.07, 6.45) is 1.59. The van der Waals surface area contributed by atoms with Crippen molar-refractivity contribution in [3.8, 4) is 0 Å². The van der Waals surface area contributed by atoms with Crippen molar-refractivity contribution in [2.45, 2.75) is 32.2 Å². The van der Waals surface area contributed by atoms with E-state index in [0.29, 0.717) is 11.8 Å². The van der Waals surface area contributed by atoms with Crippen LogP contribution < -0.4 is 10.6 Å². The molecule has 2 aliphatic rings. The first kappa shape index (κ1) is 8.53. The Morgan fingerprint density at radius 3 is 2.38 bits per heavy atom. The van der Waals surface area contributed by atoms with Gasteiger partial charge in [0.05, 0.1) is 0 Å². The minimum Gasteiger partial charge on any atom is -0.323 e. The summed E-state index contributed by atoms with van der Waals surface area (Å²) < 4.78 is 0. The molecular formula is C9H14N2O2. The van der Waals surface area contributed by atoms with Crippen LogP contribution in [0.15, 0.2) is 0 Å². The molecule has 1 aliphatic heterocycles. The van der Waals surface area contributed by atoms with Gasteiger partial charge < -0.3 is 5.32 Å². The van der Waals surface area contributed by atoms with Crippen LogP contribution in [0.3, 0.4) is 0 Å². The van der Waals surface area contributed by atoms with E-state index in [1.807, 2.05) is 0 Å². The van der Waals surface area contributed by atoms with Gasteiger partial charge >= 0.3 is 6.03 Å². The number of carbonyl (C=O) groups is 2. The summed E-state index contributed by atoms with van der Waals surface area (Å²) in [5, 5.41) is 4.98. The molecule has 0 aromatic rings. The summed E-state index contributed by atoms with van der Waals surface area (Å²) in [4.78, 5) is 22.3. The Labute approximate surface area is 77.1 Å². The smallest absolute Gasteiger partial charge is 0.322 e. The van der Waals surface area contributed by atoms with E-state index < -0.39 is 5.54 Å². The highest BCUT2D eigenvalue weighted by Crippen LogP contribution is 2.43. The molecule has 2 N–H and O–H groups in total. The summed E-state index contributed by atoms with van der Waals surface area (Å²) in [5.74, 6) is 1.02. The summed E-state index contributed by atoms with van der Waals surface area (Å²) in [6.45, 7) is 4.29. The molecule has 2 rings (SSSR count). The molecule has 13 heavy (non-hydrogen) atoms. The van der Waals surface area contributed by atoms with E-state index in [1.54, 1.807) is 0 Å². The molecular weight excluding hydrogens is 168 g/mol. The minimum atomic E-state index is -0.550. The van der Waals surface area contributed by atoms with Crippen LogP contribution in [0.25, 0.3) is 0 Å². The number of imide groups is 1. The first-order valence-corrected chi connectivity index (χ1v) is 4.67. The quantitative estimate of drug-likeness (QED) is 0.584. The van der Waals surface area contributed by atoms with Crippen molar-refractivity contribution >= 4 is 11.9 Å². The molecule has 0 atom stereocenters. The van der Waals surface area contributed by atoms with E-state index >= 15 is 0 Å². The molecule has 1 saturated carbocycles.